The zero-order valence-corrected chi connectivity index (χ0v) is 11.5. The van der Waals surface area contributed by atoms with Gasteiger partial charge in [-0.3, -0.25) is 4.79 Å². The van der Waals surface area contributed by atoms with E-state index in [1.165, 1.54) is 25.0 Å². The minimum absolute atomic E-state index is 0.407. The third-order valence-electron chi connectivity index (χ3n) is 1.83. The molecule has 18 heavy (non-hydrogen) atoms. The lowest BCUT2D eigenvalue weighted by Crippen LogP contribution is -2.36. The quantitative estimate of drug-likeness (QED) is 0.699. The third kappa shape index (κ3) is 6.92. The monoisotopic (exact) mass is 262 g/mol. The van der Waals surface area contributed by atoms with Crippen LogP contribution in [0.25, 0.3) is 0 Å². The summed E-state index contributed by atoms with van der Waals surface area (Å²) in [7, 11) is 2.98. The maximum absolute atomic E-state index is 10.8. The van der Waals surface area contributed by atoms with Crippen LogP contribution in [0.3, 0.4) is 0 Å². The molecule has 0 saturated carbocycles. The minimum Gasteiger partial charge on any atom is -0.468 e. The lowest BCUT2D eigenvalue weighted by molar-refractivity contribution is -0.156. The number of esters is 1. The normalized spacial score (nSPS) is 9.50. The fraction of sp³-hybridized carbons (Fsp3) is 0.800. The summed E-state index contributed by atoms with van der Waals surface area (Å²) in [6, 6.07) is 0. The summed E-state index contributed by atoms with van der Waals surface area (Å²) < 4.78 is 5.87. The highest BCUT2D eigenvalue weighted by atomic mass is 16.5. The Labute approximate surface area is 107 Å². The van der Waals surface area contributed by atoms with Crippen molar-refractivity contribution in [2.24, 2.45) is 12.5 Å². The number of hydrogen-bond donors (Lipinski definition) is 2. The van der Waals surface area contributed by atoms with E-state index in [0.717, 1.165) is 0 Å². The predicted molar refractivity (Wildman–Crippen MR) is 64.4 cm³/mol. The second-order valence-electron chi connectivity index (χ2n) is 3.35. The zero-order valence-electron chi connectivity index (χ0n) is 11.5. The molecule has 0 aromatic carbocycles. The topological polar surface area (TPSA) is 110 Å². The second-order valence-corrected chi connectivity index (χ2v) is 3.35. The van der Waals surface area contributed by atoms with E-state index in [-0.39, 0.29) is 0 Å². The first-order chi connectivity index (χ1) is 8.50. The van der Waals surface area contributed by atoms with Gasteiger partial charge in [-0.1, -0.05) is 13.8 Å². The van der Waals surface area contributed by atoms with Gasteiger partial charge in [-0.25, -0.2) is 4.68 Å². The molecule has 1 aromatic heterocycles. The highest BCUT2D eigenvalue weighted by Gasteiger charge is 2.32. The maximum atomic E-state index is 10.8. The zero-order chi connectivity index (χ0) is 14.6. The Morgan fingerprint density at radius 3 is 2.00 bits per heavy atom. The molecular formula is C10H22N4O4. The standard InChI is InChI=1S/C6H12O4.C2H4N4.C2H6/c1-6(3-7,4-8)5(9)10-2;1-6-2-3-4-5-6;1-2/h7-8H,3-4H2,1-2H3;2H,1H3;1-2H3. The number of rotatable bonds is 3. The molecule has 0 amide bonds. The Hall–Kier alpha value is -1.54. The van der Waals surface area contributed by atoms with E-state index in [1.54, 1.807) is 7.05 Å². The first-order valence-electron chi connectivity index (χ1n) is 5.47. The van der Waals surface area contributed by atoms with Crippen LogP contribution < -0.4 is 0 Å². The number of aliphatic hydroxyl groups is 2. The van der Waals surface area contributed by atoms with Gasteiger partial charge in [0.25, 0.3) is 0 Å². The van der Waals surface area contributed by atoms with Crippen LogP contribution in [0, 0.1) is 5.41 Å². The lowest BCUT2D eigenvalue weighted by atomic mass is 9.93. The third-order valence-corrected chi connectivity index (χ3v) is 1.83. The van der Waals surface area contributed by atoms with E-state index in [2.05, 4.69) is 20.3 Å². The van der Waals surface area contributed by atoms with Crippen molar-refractivity contribution in [3.05, 3.63) is 6.33 Å². The van der Waals surface area contributed by atoms with E-state index in [9.17, 15) is 4.79 Å². The molecule has 0 radical (unpaired) electrons. The van der Waals surface area contributed by atoms with Crippen molar-refractivity contribution in [2.45, 2.75) is 20.8 Å². The summed E-state index contributed by atoms with van der Waals surface area (Å²) >= 11 is 0. The number of hydrogen-bond acceptors (Lipinski definition) is 7. The molecule has 0 aliphatic rings. The van der Waals surface area contributed by atoms with E-state index < -0.39 is 24.6 Å². The number of nitrogens with zero attached hydrogens (tertiary/aromatic N) is 4. The summed E-state index contributed by atoms with van der Waals surface area (Å²) in [6.45, 7) is 4.62. The highest BCUT2D eigenvalue weighted by molar-refractivity contribution is 5.76. The van der Waals surface area contributed by atoms with Gasteiger partial charge in [0, 0.05) is 7.05 Å². The lowest BCUT2D eigenvalue weighted by Gasteiger charge is -2.20. The van der Waals surface area contributed by atoms with E-state index in [1.807, 2.05) is 13.8 Å². The summed E-state index contributed by atoms with van der Waals surface area (Å²) in [4.78, 5) is 10.8. The molecule has 0 aliphatic heterocycles. The average Bonchev–Trinajstić information content (AvgIpc) is 2.91. The van der Waals surface area contributed by atoms with Gasteiger partial charge >= 0.3 is 5.97 Å². The van der Waals surface area contributed by atoms with Gasteiger partial charge in [-0.05, 0) is 17.4 Å². The molecule has 1 heterocycles. The smallest absolute Gasteiger partial charge is 0.316 e. The van der Waals surface area contributed by atoms with Crippen molar-refractivity contribution in [2.75, 3.05) is 20.3 Å². The van der Waals surface area contributed by atoms with Gasteiger partial charge in [0.15, 0.2) is 0 Å². The molecule has 0 saturated heterocycles. The molecule has 1 rings (SSSR count). The maximum Gasteiger partial charge on any atom is 0.316 e. The van der Waals surface area contributed by atoms with Crippen LogP contribution >= 0.6 is 0 Å². The number of tetrazole rings is 1. The van der Waals surface area contributed by atoms with Crippen molar-refractivity contribution in [3.8, 4) is 0 Å². The Morgan fingerprint density at radius 1 is 1.39 bits per heavy atom. The molecule has 0 unspecified atom stereocenters. The van der Waals surface area contributed by atoms with Gasteiger partial charge in [0.1, 0.15) is 11.7 Å². The summed E-state index contributed by atoms with van der Waals surface area (Å²) in [5.41, 5.74) is -1.16. The first kappa shape index (κ1) is 18.8. The number of carbonyl (C=O) groups excluding carboxylic acids is 1. The van der Waals surface area contributed by atoms with E-state index in [0.29, 0.717) is 0 Å². The summed E-state index contributed by atoms with van der Waals surface area (Å²) in [6.07, 6.45) is 1.53. The summed E-state index contributed by atoms with van der Waals surface area (Å²) in [5, 5.41) is 27.4. The van der Waals surface area contributed by atoms with Crippen LogP contribution in [0.4, 0.5) is 0 Å². The molecule has 8 nitrogen and oxygen atoms in total. The number of ether oxygens (including phenoxy) is 1. The Bertz CT molecular complexity index is 299. The molecule has 0 fully saturated rings. The molecule has 2 N–H and O–H groups in total. The fourth-order valence-corrected chi connectivity index (χ4v) is 0.633. The largest absolute Gasteiger partial charge is 0.468 e. The van der Waals surface area contributed by atoms with Gasteiger partial charge in [0.05, 0.1) is 20.3 Å². The minimum atomic E-state index is -1.16. The van der Waals surface area contributed by atoms with Crippen molar-refractivity contribution in [1.29, 1.82) is 0 Å². The van der Waals surface area contributed by atoms with Crippen LogP contribution in [0.2, 0.25) is 0 Å². The van der Waals surface area contributed by atoms with Gasteiger partial charge < -0.3 is 14.9 Å². The SMILES string of the molecule is CC.COC(=O)C(C)(CO)CO.Cn1cnnn1. The molecular weight excluding hydrogens is 240 g/mol. The second kappa shape index (κ2) is 10.6. The molecule has 106 valence electrons. The highest BCUT2D eigenvalue weighted by Crippen LogP contribution is 2.15. The average molecular weight is 262 g/mol. The Balaban J connectivity index is 0. The van der Waals surface area contributed by atoms with Crippen LogP contribution in [0.15, 0.2) is 6.33 Å². The Kier molecular flexibility index (Phi) is 11.1. The molecule has 1 aromatic rings. The number of carbonyl (C=O) groups is 1. The number of methoxy groups -OCH3 is 1. The van der Waals surface area contributed by atoms with Crippen molar-refractivity contribution in [1.82, 2.24) is 20.2 Å². The van der Waals surface area contributed by atoms with Crippen LogP contribution in [0.1, 0.15) is 20.8 Å². The Morgan fingerprint density at radius 2 is 1.89 bits per heavy atom. The van der Waals surface area contributed by atoms with Gasteiger partial charge in [-0.2, -0.15) is 0 Å². The van der Waals surface area contributed by atoms with Crippen LogP contribution in [-0.2, 0) is 16.6 Å². The van der Waals surface area contributed by atoms with Gasteiger partial charge in [0.2, 0.25) is 0 Å². The molecule has 0 atom stereocenters. The van der Waals surface area contributed by atoms with Crippen LogP contribution in [-0.4, -0.2) is 56.7 Å². The molecule has 8 heteroatoms. The van der Waals surface area contributed by atoms with Crippen molar-refractivity contribution >= 4 is 5.97 Å². The molecule has 0 spiro atoms. The van der Waals surface area contributed by atoms with Gasteiger partial charge in [-0.15, -0.1) is 5.10 Å². The van der Waals surface area contributed by atoms with Crippen LogP contribution in [0.5, 0.6) is 0 Å². The van der Waals surface area contributed by atoms with E-state index >= 15 is 0 Å². The van der Waals surface area contributed by atoms with Crippen molar-refractivity contribution in [3.63, 3.8) is 0 Å². The fourth-order valence-electron chi connectivity index (χ4n) is 0.633. The predicted octanol–water partition coefficient (Wildman–Crippen LogP) is -0.613. The van der Waals surface area contributed by atoms with Crippen molar-refractivity contribution < 1.29 is 19.7 Å². The number of aromatic nitrogens is 4. The van der Waals surface area contributed by atoms with E-state index in [4.69, 9.17) is 10.2 Å². The summed E-state index contributed by atoms with van der Waals surface area (Å²) in [5.74, 6) is -0.600. The molecule has 0 aliphatic carbocycles. The first-order valence-corrected chi connectivity index (χ1v) is 5.47. The number of aliphatic hydroxyl groups excluding tert-OH is 2. The number of aryl methyl sites for hydroxylation is 1. The molecule has 0 bridgehead atoms.